The van der Waals surface area contributed by atoms with Crippen molar-refractivity contribution in [2.45, 2.75) is 6.54 Å². The molecule has 2 aromatic rings. The molecule has 0 saturated carbocycles. The normalized spacial score (nSPS) is 10.3. The van der Waals surface area contributed by atoms with Crippen LogP contribution < -0.4 is 0 Å². The van der Waals surface area contributed by atoms with E-state index in [9.17, 15) is 19.3 Å². The van der Waals surface area contributed by atoms with Crippen molar-refractivity contribution in [2.24, 2.45) is 0 Å². The van der Waals surface area contributed by atoms with Crippen LogP contribution in [0.3, 0.4) is 0 Å². The van der Waals surface area contributed by atoms with E-state index in [0.717, 1.165) is 18.2 Å². The maximum Gasteiger partial charge on any atom is 0.274 e. The molecule has 0 saturated heterocycles. The fourth-order valence-corrected chi connectivity index (χ4v) is 1.58. The van der Waals surface area contributed by atoms with Gasteiger partial charge in [0.05, 0.1) is 23.4 Å². The van der Waals surface area contributed by atoms with Gasteiger partial charge in [0.25, 0.3) is 5.69 Å². The van der Waals surface area contributed by atoms with Crippen molar-refractivity contribution in [1.29, 1.82) is 0 Å². The van der Waals surface area contributed by atoms with Crippen LogP contribution in [-0.2, 0) is 6.54 Å². The summed E-state index contributed by atoms with van der Waals surface area (Å²) in [5.41, 5.74) is 0.265. The molecule has 0 amide bonds. The van der Waals surface area contributed by atoms with Crippen molar-refractivity contribution in [3.8, 4) is 0 Å². The molecule has 1 aromatic heterocycles. The molecule has 0 N–H and O–H groups in total. The van der Waals surface area contributed by atoms with Gasteiger partial charge in [0.2, 0.25) is 0 Å². The number of hydrogen-bond donors (Lipinski definition) is 0. The highest BCUT2D eigenvalue weighted by Gasteiger charge is 2.14. The molecule has 6 nitrogen and oxygen atoms in total. The number of nitro groups is 1. The Balaban J connectivity index is 2.35. The first-order valence-electron chi connectivity index (χ1n) is 5.00. The molecule has 0 aliphatic rings. The first kappa shape index (κ1) is 11.9. The zero-order valence-electron chi connectivity index (χ0n) is 9.12. The molecule has 0 aliphatic carbocycles. The summed E-state index contributed by atoms with van der Waals surface area (Å²) in [4.78, 5) is 24.4. The van der Waals surface area contributed by atoms with Gasteiger partial charge in [0.15, 0.2) is 6.29 Å². The Bertz CT molecular complexity index is 609. The zero-order valence-corrected chi connectivity index (χ0v) is 9.12. The summed E-state index contributed by atoms with van der Waals surface area (Å²) in [5.74, 6) is -0.550. The topological polar surface area (TPSA) is 78.0 Å². The summed E-state index contributed by atoms with van der Waals surface area (Å²) in [5, 5.41) is 10.8. The Morgan fingerprint density at radius 3 is 2.89 bits per heavy atom. The average Bonchev–Trinajstić information content (AvgIpc) is 2.76. The SMILES string of the molecule is O=Cc1cn(Cc2cc(F)ccc2[N+](=O)[O-])cn1. The number of hydrogen-bond acceptors (Lipinski definition) is 4. The minimum absolute atomic E-state index is 0.0783. The number of nitrogens with zero attached hydrogens (tertiary/aromatic N) is 3. The van der Waals surface area contributed by atoms with Gasteiger partial charge in [0.1, 0.15) is 11.5 Å². The lowest BCUT2D eigenvalue weighted by Gasteiger charge is -2.03. The van der Waals surface area contributed by atoms with Crippen LogP contribution in [0.5, 0.6) is 0 Å². The quantitative estimate of drug-likeness (QED) is 0.470. The Labute approximate surface area is 101 Å². The molecule has 2 rings (SSSR count). The highest BCUT2D eigenvalue weighted by atomic mass is 19.1. The molecular formula is C11H8FN3O3. The number of aldehydes is 1. The van der Waals surface area contributed by atoms with Gasteiger partial charge in [-0.15, -0.1) is 0 Å². The molecule has 0 radical (unpaired) electrons. The summed E-state index contributed by atoms with van der Waals surface area (Å²) in [6.45, 7) is 0.0783. The summed E-state index contributed by atoms with van der Waals surface area (Å²) < 4.78 is 14.6. The maximum atomic E-state index is 13.1. The Hall–Kier alpha value is -2.57. The molecule has 0 unspecified atom stereocenters. The number of carbonyl (C=O) groups is 1. The second kappa shape index (κ2) is 4.74. The van der Waals surface area contributed by atoms with Crippen LogP contribution in [0.2, 0.25) is 0 Å². The minimum atomic E-state index is -0.577. The van der Waals surface area contributed by atoms with E-state index in [4.69, 9.17) is 0 Å². The smallest absolute Gasteiger partial charge is 0.274 e. The molecule has 7 heteroatoms. The molecular weight excluding hydrogens is 241 g/mol. The molecule has 0 atom stereocenters. The van der Waals surface area contributed by atoms with Crippen LogP contribution in [0, 0.1) is 15.9 Å². The number of nitro benzene ring substituents is 1. The fourth-order valence-electron chi connectivity index (χ4n) is 1.58. The van der Waals surface area contributed by atoms with Crippen molar-refractivity contribution in [2.75, 3.05) is 0 Å². The number of carbonyl (C=O) groups excluding carboxylic acids is 1. The van der Waals surface area contributed by atoms with Gasteiger partial charge in [-0.3, -0.25) is 14.9 Å². The molecule has 0 spiro atoms. The second-order valence-electron chi connectivity index (χ2n) is 3.62. The number of halogens is 1. The summed E-state index contributed by atoms with van der Waals surface area (Å²) in [6.07, 6.45) is 3.36. The molecule has 0 aliphatic heterocycles. The number of benzene rings is 1. The van der Waals surface area contributed by atoms with E-state index >= 15 is 0 Å². The third kappa shape index (κ3) is 2.40. The maximum absolute atomic E-state index is 13.1. The lowest BCUT2D eigenvalue weighted by molar-refractivity contribution is -0.385. The van der Waals surface area contributed by atoms with Crippen molar-refractivity contribution in [1.82, 2.24) is 9.55 Å². The van der Waals surface area contributed by atoms with Crippen LogP contribution in [0.1, 0.15) is 16.1 Å². The van der Waals surface area contributed by atoms with Crippen LogP contribution in [0.15, 0.2) is 30.7 Å². The van der Waals surface area contributed by atoms with Crippen molar-refractivity contribution >= 4 is 12.0 Å². The Morgan fingerprint density at radius 1 is 1.50 bits per heavy atom. The van der Waals surface area contributed by atoms with Crippen molar-refractivity contribution < 1.29 is 14.1 Å². The minimum Gasteiger partial charge on any atom is -0.332 e. The molecule has 92 valence electrons. The van der Waals surface area contributed by atoms with Crippen molar-refractivity contribution in [3.63, 3.8) is 0 Å². The van der Waals surface area contributed by atoms with Crippen LogP contribution in [-0.4, -0.2) is 20.8 Å². The van der Waals surface area contributed by atoms with Gasteiger partial charge in [-0.05, 0) is 12.1 Å². The lowest BCUT2D eigenvalue weighted by atomic mass is 10.1. The van der Waals surface area contributed by atoms with E-state index in [0.29, 0.717) is 6.29 Å². The summed E-state index contributed by atoms with van der Waals surface area (Å²) in [6, 6.07) is 3.24. The third-order valence-corrected chi connectivity index (χ3v) is 2.37. The van der Waals surface area contributed by atoms with Crippen LogP contribution in [0.25, 0.3) is 0 Å². The standard InChI is InChI=1S/C11H8FN3O3/c12-9-1-2-11(15(17)18)8(3-9)4-14-5-10(6-16)13-7-14/h1-3,5-7H,4H2. The first-order valence-corrected chi connectivity index (χ1v) is 5.00. The first-order chi connectivity index (χ1) is 8.60. The molecule has 1 aromatic carbocycles. The Kier molecular flexibility index (Phi) is 3.13. The number of imidazole rings is 1. The summed E-state index contributed by atoms with van der Waals surface area (Å²) >= 11 is 0. The zero-order chi connectivity index (χ0) is 13.1. The van der Waals surface area contributed by atoms with Gasteiger partial charge < -0.3 is 4.57 Å². The van der Waals surface area contributed by atoms with Gasteiger partial charge >= 0.3 is 0 Å². The lowest BCUT2D eigenvalue weighted by Crippen LogP contribution is -2.02. The predicted octanol–water partition coefficient (Wildman–Crippen LogP) is 1.79. The van der Waals surface area contributed by atoms with Crippen molar-refractivity contribution in [3.05, 3.63) is 57.9 Å². The van der Waals surface area contributed by atoms with Gasteiger partial charge in [-0.2, -0.15) is 0 Å². The highest BCUT2D eigenvalue weighted by molar-refractivity contribution is 5.70. The van der Waals surface area contributed by atoms with Gasteiger partial charge in [0, 0.05) is 12.3 Å². The molecule has 1 heterocycles. The fraction of sp³-hybridized carbons (Fsp3) is 0.0909. The summed E-state index contributed by atoms with van der Waals surface area (Å²) in [7, 11) is 0. The monoisotopic (exact) mass is 249 g/mol. The van der Waals surface area contributed by atoms with Crippen LogP contribution >= 0.6 is 0 Å². The predicted molar refractivity (Wildman–Crippen MR) is 59.8 cm³/mol. The molecule has 0 fully saturated rings. The van der Waals surface area contributed by atoms with Gasteiger partial charge in [-0.25, -0.2) is 9.37 Å². The molecule has 0 bridgehead atoms. The van der Waals surface area contributed by atoms with E-state index < -0.39 is 10.7 Å². The van der Waals surface area contributed by atoms with E-state index in [1.54, 1.807) is 0 Å². The highest BCUT2D eigenvalue weighted by Crippen LogP contribution is 2.20. The molecule has 18 heavy (non-hydrogen) atoms. The average molecular weight is 249 g/mol. The van der Waals surface area contributed by atoms with E-state index in [-0.39, 0.29) is 23.5 Å². The van der Waals surface area contributed by atoms with Crippen LogP contribution in [0.4, 0.5) is 10.1 Å². The third-order valence-electron chi connectivity index (χ3n) is 2.37. The van der Waals surface area contributed by atoms with E-state index in [2.05, 4.69) is 4.98 Å². The van der Waals surface area contributed by atoms with Gasteiger partial charge in [-0.1, -0.05) is 0 Å². The van der Waals surface area contributed by atoms with E-state index in [1.807, 2.05) is 0 Å². The van der Waals surface area contributed by atoms with E-state index in [1.165, 1.54) is 17.1 Å². The largest absolute Gasteiger partial charge is 0.332 e. The number of rotatable bonds is 4. The number of aromatic nitrogens is 2. The Morgan fingerprint density at radius 2 is 2.28 bits per heavy atom. The second-order valence-corrected chi connectivity index (χ2v) is 3.62.